The van der Waals surface area contributed by atoms with Crippen molar-refractivity contribution in [1.82, 2.24) is 5.48 Å². The average molecular weight is 234 g/mol. The zero-order chi connectivity index (χ0) is 12.7. The molecule has 0 aromatic heterocycles. The minimum atomic E-state index is -0.645. The van der Waals surface area contributed by atoms with E-state index in [1.165, 1.54) is 6.08 Å². The summed E-state index contributed by atoms with van der Waals surface area (Å²) in [6.45, 7) is 1.60. The van der Waals surface area contributed by atoms with Gasteiger partial charge < -0.3 is 5.73 Å². The van der Waals surface area contributed by atoms with Crippen molar-refractivity contribution in [3.8, 4) is 0 Å². The first-order chi connectivity index (χ1) is 8.09. The fourth-order valence-electron chi connectivity index (χ4n) is 1.15. The number of rotatable bonds is 5. The number of hydroxylamine groups is 1. The summed E-state index contributed by atoms with van der Waals surface area (Å²) in [5.74, 6) is -1.09. The van der Waals surface area contributed by atoms with Crippen LogP contribution < -0.4 is 11.2 Å². The van der Waals surface area contributed by atoms with Crippen molar-refractivity contribution in [1.29, 1.82) is 0 Å². The second-order valence-electron chi connectivity index (χ2n) is 3.41. The van der Waals surface area contributed by atoms with E-state index in [0.717, 1.165) is 11.1 Å². The van der Waals surface area contributed by atoms with Crippen LogP contribution in [0.15, 0.2) is 30.3 Å². The van der Waals surface area contributed by atoms with Crippen LogP contribution in [0.5, 0.6) is 0 Å². The fraction of sp³-hybridized carbons (Fsp3) is 0.167. The molecule has 0 unspecified atom stereocenters. The lowest BCUT2D eigenvalue weighted by Gasteiger charge is -2.01. The predicted molar refractivity (Wildman–Crippen MR) is 63.5 cm³/mol. The molecule has 17 heavy (non-hydrogen) atoms. The van der Waals surface area contributed by atoms with Crippen molar-refractivity contribution in [2.24, 2.45) is 5.73 Å². The van der Waals surface area contributed by atoms with E-state index < -0.39 is 11.8 Å². The largest absolute Gasteiger partial charge is 0.368 e. The van der Waals surface area contributed by atoms with Crippen molar-refractivity contribution in [3.63, 3.8) is 0 Å². The van der Waals surface area contributed by atoms with E-state index in [-0.39, 0.29) is 6.61 Å². The zero-order valence-corrected chi connectivity index (χ0v) is 9.47. The van der Waals surface area contributed by atoms with Gasteiger partial charge in [0, 0.05) is 6.08 Å². The van der Waals surface area contributed by atoms with Crippen LogP contribution in [0.1, 0.15) is 11.1 Å². The molecule has 0 aliphatic carbocycles. The monoisotopic (exact) mass is 234 g/mol. The number of nitrogens with two attached hydrogens (primary N) is 1. The highest BCUT2D eigenvalue weighted by Gasteiger charge is 1.98. The maximum Gasteiger partial charge on any atom is 0.267 e. The summed E-state index contributed by atoms with van der Waals surface area (Å²) in [7, 11) is 0. The summed E-state index contributed by atoms with van der Waals surface area (Å²) in [4.78, 5) is 26.1. The summed E-state index contributed by atoms with van der Waals surface area (Å²) >= 11 is 0. The first-order valence-corrected chi connectivity index (χ1v) is 5.03. The van der Waals surface area contributed by atoms with Gasteiger partial charge >= 0.3 is 0 Å². The normalized spacial score (nSPS) is 10.4. The molecule has 0 fully saturated rings. The van der Waals surface area contributed by atoms with E-state index in [1.54, 1.807) is 6.08 Å². The number of hydrogen-bond acceptors (Lipinski definition) is 3. The molecule has 5 heteroatoms. The van der Waals surface area contributed by atoms with Crippen LogP contribution in [-0.2, 0) is 14.4 Å². The molecule has 1 aromatic rings. The number of carbonyl (C=O) groups excluding carboxylic acids is 2. The van der Waals surface area contributed by atoms with E-state index in [9.17, 15) is 9.59 Å². The molecule has 0 aliphatic rings. The minimum absolute atomic E-state index is 0.343. The van der Waals surface area contributed by atoms with Gasteiger partial charge in [-0.1, -0.05) is 24.3 Å². The maximum absolute atomic E-state index is 11.2. The summed E-state index contributed by atoms with van der Waals surface area (Å²) in [6.07, 6.45) is 2.99. The van der Waals surface area contributed by atoms with Gasteiger partial charge in [-0.2, -0.15) is 0 Å². The predicted octanol–water partition coefficient (Wildman–Crippen LogP) is 0.541. The molecule has 0 bridgehead atoms. The second-order valence-corrected chi connectivity index (χ2v) is 3.41. The summed E-state index contributed by atoms with van der Waals surface area (Å²) in [5, 5.41) is 0. The van der Waals surface area contributed by atoms with Gasteiger partial charge in [0.25, 0.3) is 5.91 Å². The third kappa shape index (κ3) is 4.94. The van der Waals surface area contributed by atoms with Crippen LogP contribution in [0, 0.1) is 6.92 Å². The molecule has 2 amide bonds. The fourth-order valence-corrected chi connectivity index (χ4v) is 1.15. The van der Waals surface area contributed by atoms with Gasteiger partial charge in [0.15, 0.2) is 6.61 Å². The molecular weight excluding hydrogens is 220 g/mol. The van der Waals surface area contributed by atoms with Crippen LogP contribution >= 0.6 is 0 Å². The number of amides is 2. The molecule has 0 saturated heterocycles. The van der Waals surface area contributed by atoms with E-state index in [2.05, 4.69) is 10.3 Å². The number of benzene rings is 1. The van der Waals surface area contributed by atoms with E-state index in [1.807, 2.05) is 31.2 Å². The Bertz CT molecular complexity index is 441. The zero-order valence-electron chi connectivity index (χ0n) is 9.47. The smallest absolute Gasteiger partial charge is 0.267 e. The Morgan fingerprint density at radius 3 is 2.76 bits per heavy atom. The first-order valence-electron chi connectivity index (χ1n) is 5.03. The minimum Gasteiger partial charge on any atom is -0.368 e. The SMILES string of the molecule is Cc1ccccc1/C=C/C(=O)NOCC(N)=O. The molecule has 1 rings (SSSR count). The van der Waals surface area contributed by atoms with E-state index in [4.69, 9.17) is 5.73 Å². The Morgan fingerprint density at radius 1 is 1.41 bits per heavy atom. The Hall–Kier alpha value is -2.14. The van der Waals surface area contributed by atoms with Crippen molar-refractivity contribution >= 4 is 17.9 Å². The van der Waals surface area contributed by atoms with Crippen molar-refractivity contribution in [2.45, 2.75) is 6.92 Å². The van der Waals surface area contributed by atoms with Crippen LogP contribution in [0.2, 0.25) is 0 Å². The molecule has 1 aromatic carbocycles. The Labute approximate surface area is 99.2 Å². The number of aryl methyl sites for hydroxylation is 1. The molecule has 0 saturated carbocycles. The third-order valence-electron chi connectivity index (χ3n) is 1.99. The molecular formula is C12H14N2O3. The molecule has 0 atom stereocenters. The van der Waals surface area contributed by atoms with Crippen LogP contribution in [0.3, 0.4) is 0 Å². The highest BCUT2D eigenvalue weighted by Crippen LogP contribution is 2.08. The van der Waals surface area contributed by atoms with Gasteiger partial charge in [0.2, 0.25) is 5.91 Å². The van der Waals surface area contributed by atoms with Crippen molar-refractivity contribution in [3.05, 3.63) is 41.5 Å². The Balaban J connectivity index is 2.46. The first kappa shape index (κ1) is 12.9. The number of primary amides is 1. The van der Waals surface area contributed by atoms with Gasteiger partial charge in [-0.15, -0.1) is 0 Å². The van der Waals surface area contributed by atoms with Crippen LogP contribution in [0.25, 0.3) is 6.08 Å². The molecule has 0 heterocycles. The lowest BCUT2D eigenvalue weighted by atomic mass is 10.1. The summed E-state index contributed by atoms with van der Waals surface area (Å²) < 4.78 is 0. The lowest BCUT2D eigenvalue weighted by molar-refractivity contribution is -0.134. The highest BCUT2D eigenvalue weighted by atomic mass is 16.7. The highest BCUT2D eigenvalue weighted by molar-refractivity contribution is 5.91. The van der Waals surface area contributed by atoms with E-state index in [0.29, 0.717) is 0 Å². The summed E-state index contributed by atoms with van der Waals surface area (Å²) in [5.41, 5.74) is 8.91. The van der Waals surface area contributed by atoms with Gasteiger partial charge in [-0.25, -0.2) is 5.48 Å². The number of nitrogens with one attached hydrogen (secondary N) is 1. The number of hydrogen-bond donors (Lipinski definition) is 2. The number of carbonyl (C=O) groups is 2. The second kappa shape index (κ2) is 6.44. The third-order valence-corrected chi connectivity index (χ3v) is 1.99. The quantitative estimate of drug-likeness (QED) is 0.576. The molecule has 90 valence electrons. The van der Waals surface area contributed by atoms with Crippen LogP contribution in [-0.4, -0.2) is 18.4 Å². The van der Waals surface area contributed by atoms with Crippen molar-refractivity contribution in [2.75, 3.05) is 6.61 Å². The van der Waals surface area contributed by atoms with Gasteiger partial charge in [-0.3, -0.25) is 14.4 Å². The Morgan fingerprint density at radius 2 is 2.12 bits per heavy atom. The average Bonchev–Trinajstić information content (AvgIpc) is 2.27. The molecule has 0 spiro atoms. The standard InChI is InChI=1S/C12H14N2O3/c1-9-4-2-3-5-10(9)6-7-12(16)14-17-8-11(13)15/h2-7H,8H2,1H3,(H2,13,15)(H,14,16)/b7-6+. The van der Waals surface area contributed by atoms with Gasteiger partial charge in [-0.05, 0) is 24.1 Å². The summed E-state index contributed by atoms with van der Waals surface area (Å²) in [6, 6.07) is 7.64. The van der Waals surface area contributed by atoms with Gasteiger partial charge in [0.05, 0.1) is 0 Å². The molecule has 0 radical (unpaired) electrons. The van der Waals surface area contributed by atoms with Crippen molar-refractivity contribution < 1.29 is 14.4 Å². The van der Waals surface area contributed by atoms with E-state index >= 15 is 0 Å². The lowest BCUT2D eigenvalue weighted by Crippen LogP contribution is -2.28. The maximum atomic E-state index is 11.2. The Kier molecular flexibility index (Phi) is 4.90. The molecule has 3 N–H and O–H groups in total. The van der Waals surface area contributed by atoms with Gasteiger partial charge in [0.1, 0.15) is 0 Å². The topological polar surface area (TPSA) is 81.4 Å². The molecule has 0 aliphatic heterocycles. The molecule has 5 nitrogen and oxygen atoms in total. The van der Waals surface area contributed by atoms with Crippen LogP contribution in [0.4, 0.5) is 0 Å².